The minimum atomic E-state index is -1.77. The molecule has 4 aliphatic rings. The van der Waals surface area contributed by atoms with Gasteiger partial charge in [-0.25, -0.2) is 9.59 Å². The van der Waals surface area contributed by atoms with E-state index in [1.165, 1.54) is 50.3 Å². The van der Waals surface area contributed by atoms with Crippen LogP contribution in [0.4, 0.5) is 0 Å². The summed E-state index contributed by atoms with van der Waals surface area (Å²) in [5, 5.41) is 41.5. The number of Topliss-reactive ketones (excluding diaryl/α,β-unsaturated/α-hetero) is 1. The molecule has 13 nitrogen and oxygen atoms in total. The highest BCUT2D eigenvalue weighted by atomic mass is 16.8. The lowest BCUT2D eigenvalue weighted by atomic mass is 9.72. The van der Waals surface area contributed by atoms with Crippen LogP contribution in [0.25, 0.3) is 0 Å². The number of ether oxygens (including phenoxy) is 4. The Morgan fingerprint density at radius 2 is 1.55 bits per heavy atom. The molecule has 268 valence electrons. The third kappa shape index (κ3) is 6.47. The van der Waals surface area contributed by atoms with Crippen molar-refractivity contribution in [2.24, 2.45) is 0 Å². The van der Waals surface area contributed by atoms with Gasteiger partial charge in [0.05, 0.1) is 29.5 Å². The summed E-state index contributed by atoms with van der Waals surface area (Å²) in [6.45, 7) is 6.08. The number of esters is 1. The molecule has 4 N–H and O–H groups in total. The van der Waals surface area contributed by atoms with E-state index in [4.69, 9.17) is 18.9 Å². The molecule has 0 aromatic heterocycles. The maximum absolute atomic E-state index is 13.7. The van der Waals surface area contributed by atoms with Crippen molar-refractivity contribution in [1.82, 2.24) is 0 Å². The second-order valence-electron chi connectivity index (χ2n) is 13.6. The first-order valence-corrected chi connectivity index (χ1v) is 16.6. The number of carbonyl (C=O) groups is 5. The number of ketones is 3. The van der Waals surface area contributed by atoms with Gasteiger partial charge in [0.15, 0.2) is 17.3 Å². The van der Waals surface area contributed by atoms with Crippen molar-refractivity contribution in [3.8, 4) is 5.75 Å². The number of aliphatic hydroxyl groups excluding tert-OH is 1. The van der Waals surface area contributed by atoms with Crippen LogP contribution in [-0.4, -0.2) is 91.6 Å². The van der Waals surface area contributed by atoms with Gasteiger partial charge in [-0.1, -0.05) is 42.5 Å². The fourth-order valence-corrected chi connectivity index (χ4v) is 7.03. The van der Waals surface area contributed by atoms with E-state index < -0.39 is 83.0 Å². The van der Waals surface area contributed by atoms with E-state index in [1.54, 1.807) is 38.2 Å². The molecule has 2 saturated heterocycles. The smallest absolute Gasteiger partial charge is 0.364 e. The van der Waals surface area contributed by atoms with Crippen molar-refractivity contribution < 1.29 is 63.3 Å². The van der Waals surface area contributed by atoms with Crippen LogP contribution in [-0.2, 0) is 35.0 Å². The molecular weight excluding hydrogens is 664 g/mol. The molecule has 2 aromatic rings. The Morgan fingerprint density at radius 1 is 0.882 bits per heavy atom. The predicted octanol–water partition coefficient (Wildman–Crippen LogP) is 3.44. The molecule has 2 heterocycles. The zero-order valence-corrected chi connectivity index (χ0v) is 28.3. The number of aliphatic carboxylic acids is 1. The number of hydrogen-bond acceptors (Lipinski definition) is 12. The Labute approximate surface area is 292 Å². The highest BCUT2D eigenvalue weighted by Crippen LogP contribution is 2.44. The summed E-state index contributed by atoms with van der Waals surface area (Å²) in [4.78, 5) is 64.4. The number of rotatable bonds is 7. The third-order valence-electron chi connectivity index (χ3n) is 9.80. The highest BCUT2D eigenvalue weighted by molar-refractivity contribution is 6.32. The second kappa shape index (κ2) is 13.4. The van der Waals surface area contributed by atoms with E-state index in [0.717, 1.165) is 0 Å². The van der Waals surface area contributed by atoms with Crippen molar-refractivity contribution >= 4 is 29.3 Å². The topological polar surface area (TPSA) is 203 Å². The van der Waals surface area contributed by atoms with Crippen molar-refractivity contribution in [1.29, 1.82) is 0 Å². The van der Waals surface area contributed by atoms with Crippen LogP contribution in [0.2, 0.25) is 0 Å². The highest BCUT2D eigenvalue weighted by Gasteiger charge is 2.48. The zero-order valence-electron chi connectivity index (χ0n) is 28.3. The molecule has 2 aromatic carbocycles. The minimum absolute atomic E-state index is 0.0834. The van der Waals surface area contributed by atoms with E-state index in [0.29, 0.717) is 18.4 Å². The molecule has 8 unspecified atom stereocenters. The van der Waals surface area contributed by atoms with Gasteiger partial charge < -0.3 is 39.4 Å². The zero-order chi connectivity index (χ0) is 37.0. The van der Waals surface area contributed by atoms with Crippen molar-refractivity contribution in [2.45, 2.75) is 95.0 Å². The average molecular weight is 703 g/mol. The molecule has 51 heavy (non-hydrogen) atoms. The fourth-order valence-electron chi connectivity index (χ4n) is 7.03. The monoisotopic (exact) mass is 702 g/mol. The molecular formula is C38H38O13. The molecule has 0 spiro atoms. The minimum Gasteiger partial charge on any atom is -0.507 e. The fraction of sp³-hybridized carbons (Fsp3) is 0.395. The molecule has 2 fully saturated rings. The quantitative estimate of drug-likeness (QED) is 0.159. The van der Waals surface area contributed by atoms with Crippen LogP contribution < -0.4 is 0 Å². The molecule has 0 amide bonds. The number of fused-ring (bicyclic) bond motifs is 4. The predicted molar refractivity (Wildman–Crippen MR) is 177 cm³/mol. The summed E-state index contributed by atoms with van der Waals surface area (Å²) in [5.74, 6) is -6.11. The van der Waals surface area contributed by atoms with Crippen LogP contribution in [0.3, 0.4) is 0 Å². The Bertz CT molecular complexity index is 1920. The normalized spacial score (nSPS) is 32.0. The number of benzene rings is 2. The van der Waals surface area contributed by atoms with E-state index in [9.17, 15) is 44.4 Å². The van der Waals surface area contributed by atoms with E-state index in [2.05, 4.69) is 0 Å². The van der Waals surface area contributed by atoms with Crippen LogP contribution in [0.15, 0.2) is 60.7 Å². The van der Waals surface area contributed by atoms with Gasteiger partial charge in [-0.05, 0) is 51.3 Å². The lowest BCUT2D eigenvalue weighted by molar-refractivity contribution is -0.200. The summed E-state index contributed by atoms with van der Waals surface area (Å²) >= 11 is 0. The number of aromatic hydroxyl groups is 1. The second-order valence-corrected chi connectivity index (χ2v) is 13.6. The van der Waals surface area contributed by atoms with Gasteiger partial charge in [-0.3, -0.25) is 14.4 Å². The van der Waals surface area contributed by atoms with Gasteiger partial charge in [0.25, 0.3) is 5.79 Å². The van der Waals surface area contributed by atoms with E-state index >= 15 is 0 Å². The number of aliphatic hydroxyl groups is 2. The maximum Gasteiger partial charge on any atom is 0.364 e. The molecule has 8 atom stereocenters. The number of phenols is 1. The molecule has 2 aliphatic heterocycles. The van der Waals surface area contributed by atoms with Gasteiger partial charge in [0.2, 0.25) is 0 Å². The molecule has 0 saturated carbocycles. The third-order valence-corrected chi connectivity index (χ3v) is 9.80. The van der Waals surface area contributed by atoms with Crippen LogP contribution in [0.1, 0.15) is 100.0 Å². The van der Waals surface area contributed by atoms with Crippen LogP contribution in [0.5, 0.6) is 5.75 Å². The Kier molecular flexibility index (Phi) is 9.46. The van der Waals surface area contributed by atoms with E-state index in [1.807, 2.05) is 0 Å². The Hall–Kier alpha value is -4.79. The number of carboxylic acids is 1. The Morgan fingerprint density at radius 3 is 2.24 bits per heavy atom. The standard InChI is InChI=1S/C38H38O13/c1-18-24(49-27(39)10-8-6-5-7-9-25-19(2)50-38(4,51-25)36(45)46)15-16-26(48-18)21-13-14-23-30(31(21)40)33(42)22-12-11-20-17-37(3,47)35(44)34(43)28(20)29(22)32(23)41/h5-14,18-19,24-26,35,40,44,47H,15-17H2,1-4H3,(H,45,46). The molecule has 0 bridgehead atoms. The SMILES string of the molecule is CC1OC(C)(C(=O)O)OC1C=CC=CC=CC(=O)OC1CCC(c2ccc3c(c2O)C(=O)c2ccc4c(c2C3=O)C(=O)C(O)C(C)(O)C4)OC1C. The van der Waals surface area contributed by atoms with Crippen LogP contribution in [0, 0.1) is 0 Å². The van der Waals surface area contributed by atoms with E-state index in [-0.39, 0.29) is 39.8 Å². The number of allylic oxidation sites excluding steroid dienone is 4. The van der Waals surface area contributed by atoms with Gasteiger partial charge in [0, 0.05) is 47.2 Å². The lowest BCUT2D eigenvalue weighted by Gasteiger charge is -2.36. The first-order valence-electron chi connectivity index (χ1n) is 16.6. The molecule has 6 rings (SSSR count). The summed E-state index contributed by atoms with van der Waals surface area (Å²) in [7, 11) is 0. The first-order chi connectivity index (χ1) is 24.0. The summed E-state index contributed by atoms with van der Waals surface area (Å²) in [5.41, 5.74) is -1.75. The summed E-state index contributed by atoms with van der Waals surface area (Å²) in [6, 6.07) is 5.76. The Balaban J connectivity index is 1.09. The number of hydrogen-bond donors (Lipinski definition) is 4. The number of carbonyl (C=O) groups excluding carboxylic acids is 4. The largest absolute Gasteiger partial charge is 0.507 e. The van der Waals surface area contributed by atoms with Crippen molar-refractivity contribution in [3.63, 3.8) is 0 Å². The molecule has 0 radical (unpaired) electrons. The van der Waals surface area contributed by atoms with Crippen molar-refractivity contribution in [3.05, 3.63) is 99.7 Å². The van der Waals surface area contributed by atoms with Gasteiger partial charge >= 0.3 is 11.9 Å². The van der Waals surface area contributed by atoms with Crippen molar-refractivity contribution in [2.75, 3.05) is 0 Å². The summed E-state index contributed by atoms with van der Waals surface area (Å²) < 4.78 is 22.5. The number of phenolic OH excluding ortho intramolecular Hbond substituents is 1. The lowest BCUT2D eigenvalue weighted by Crippen LogP contribution is -2.50. The van der Waals surface area contributed by atoms with Gasteiger partial charge in [0.1, 0.15) is 24.1 Å². The van der Waals surface area contributed by atoms with Gasteiger partial charge in [-0.2, -0.15) is 0 Å². The summed E-state index contributed by atoms with van der Waals surface area (Å²) in [6.07, 6.45) is 5.23. The molecule has 2 aliphatic carbocycles. The maximum atomic E-state index is 13.7. The number of carboxylic acid groups (broad SMARTS) is 1. The molecule has 13 heteroatoms. The first kappa shape index (κ1) is 36.0. The average Bonchev–Trinajstić information content (AvgIpc) is 3.38. The van der Waals surface area contributed by atoms with Gasteiger partial charge in [-0.15, -0.1) is 0 Å². The van der Waals surface area contributed by atoms with Crippen LogP contribution >= 0.6 is 0 Å².